The van der Waals surface area contributed by atoms with Gasteiger partial charge in [-0.25, -0.2) is 4.39 Å². The van der Waals surface area contributed by atoms with E-state index in [1.807, 2.05) is 0 Å². The molecule has 6 heteroatoms. The first kappa shape index (κ1) is 17.4. The van der Waals surface area contributed by atoms with Crippen molar-refractivity contribution in [2.24, 2.45) is 0 Å². The molecule has 1 heterocycles. The lowest BCUT2D eigenvalue weighted by atomic mass is 10.1. The summed E-state index contributed by atoms with van der Waals surface area (Å²) in [4.78, 5) is 26.1. The third-order valence-electron chi connectivity index (χ3n) is 4.27. The molecule has 1 aliphatic heterocycles. The summed E-state index contributed by atoms with van der Waals surface area (Å²) in [5.74, 6) is -0.645. The number of nitrogens with one attached hydrogen (secondary N) is 1. The van der Waals surface area contributed by atoms with Gasteiger partial charge in [-0.1, -0.05) is 23.7 Å². The number of hydrogen-bond donors (Lipinski definition) is 1. The lowest BCUT2D eigenvalue weighted by molar-refractivity contribution is -0.117. The second kappa shape index (κ2) is 7.23. The maximum absolute atomic E-state index is 13.3. The third-order valence-corrected chi connectivity index (χ3v) is 4.59. The second-order valence-electron chi connectivity index (χ2n) is 6.07. The van der Waals surface area contributed by atoms with Gasteiger partial charge < -0.3 is 10.2 Å². The van der Waals surface area contributed by atoms with E-state index in [0.29, 0.717) is 34.8 Å². The van der Waals surface area contributed by atoms with Gasteiger partial charge in [-0.05, 0) is 49.2 Å². The van der Waals surface area contributed by atoms with Crippen molar-refractivity contribution in [3.05, 3.63) is 64.4 Å². The van der Waals surface area contributed by atoms with Crippen molar-refractivity contribution in [1.82, 2.24) is 5.32 Å². The highest BCUT2D eigenvalue weighted by Gasteiger charge is 2.24. The normalized spacial score (nSPS) is 15.3. The maximum Gasteiger partial charge on any atom is 0.251 e. The van der Waals surface area contributed by atoms with Gasteiger partial charge in [0.05, 0.1) is 16.8 Å². The van der Waals surface area contributed by atoms with Crippen LogP contribution >= 0.6 is 11.6 Å². The van der Waals surface area contributed by atoms with Gasteiger partial charge in [0, 0.05) is 18.5 Å². The molecule has 0 spiro atoms. The number of halogens is 2. The predicted octanol–water partition coefficient (Wildman–Crippen LogP) is 4.10. The fourth-order valence-electron chi connectivity index (χ4n) is 2.90. The predicted molar refractivity (Wildman–Crippen MR) is 95.3 cm³/mol. The summed E-state index contributed by atoms with van der Waals surface area (Å²) in [5.41, 5.74) is 1.63. The van der Waals surface area contributed by atoms with Crippen molar-refractivity contribution in [2.75, 3.05) is 11.4 Å². The van der Waals surface area contributed by atoms with Crippen molar-refractivity contribution in [1.29, 1.82) is 0 Å². The molecule has 25 heavy (non-hydrogen) atoms. The van der Waals surface area contributed by atoms with E-state index < -0.39 is 0 Å². The molecular formula is C19H18ClFN2O2. The number of amides is 2. The number of carbonyl (C=O) groups is 2. The minimum Gasteiger partial charge on any atom is -0.346 e. The Balaban J connectivity index is 1.79. The molecule has 1 saturated heterocycles. The molecule has 1 unspecified atom stereocenters. The van der Waals surface area contributed by atoms with E-state index in [4.69, 9.17) is 11.6 Å². The lowest BCUT2D eigenvalue weighted by Gasteiger charge is -2.19. The molecule has 2 aromatic rings. The quantitative estimate of drug-likeness (QED) is 0.892. The standard InChI is InChI=1S/C19H18ClFN2O2/c1-12(13-4-2-5-15(21)10-13)22-19(25)14-7-8-16(20)17(11-14)23-9-3-6-18(23)24/h2,4-5,7-8,10-12H,3,6,9H2,1H3,(H,22,25). The van der Waals surface area contributed by atoms with Gasteiger partial charge in [0.2, 0.25) is 5.91 Å². The number of anilines is 1. The first-order valence-corrected chi connectivity index (χ1v) is 8.50. The van der Waals surface area contributed by atoms with Gasteiger partial charge >= 0.3 is 0 Å². The molecule has 2 aromatic carbocycles. The molecule has 1 N–H and O–H groups in total. The molecule has 3 rings (SSSR count). The van der Waals surface area contributed by atoms with Crippen LogP contribution in [0.3, 0.4) is 0 Å². The summed E-state index contributed by atoms with van der Waals surface area (Å²) in [7, 11) is 0. The van der Waals surface area contributed by atoms with E-state index in [-0.39, 0.29) is 23.7 Å². The fourth-order valence-corrected chi connectivity index (χ4v) is 3.12. The van der Waals surface area contributed by atoms with E-state index in [1.165, 1.54) is 12.1 Å². The third kappa shape index (κ3) is 3.82. The monoisotopic (exact) mass is 360 g/mol. The Labute approximate surface area is 150 Å². The number of benzene rings is 2. The molecule has 0 aliphatic carbocycles. The Hall–Kier alpha value is -2.40. The minimum atomic E-state index is -0.351. The highest BCUT2D eigenvalue weighted by atomic mass is 35.5. The molecule has 0 radical (unpaired) electrons. The van der Waals surface area contributed by atoms with Crippen molar-refractivity contribution in [2.45, 2.75) is 25.8 Å². The number of hydrogen-bond acceptors (Lipinski definition) is 2. The molecule has 4 nitrogen and oxygen atoms in total. The van der Waals surface area contributed by atoms with Crippen LogP contribution in [0.15, 0.2) is 42.5 Å². The number of carbonyl (C=O) groups excluding carboxylic acids is 2. The van der Waals surface area contributed by atoms with E-state index in [2.05, 4.69) is 5.32 Å². The molecule has 2 amide bonds. The van der Waals surface area contributed by atoms with Crippen LogP contribution in [-0.2, 0) is 4.79 Å². The first-order valence-electron chi connectivity index (χ1n) is 8.12. The lowest BCUT2D eigenvalue weighted by Crippen LogP contribution is -2.28. The molecule has 0 bridgehead atoms. The van der Waals surface area contributed by atoms with Crippen LogP contribution in [0.1, 0.15) is 41.7 Å². The summed E-state index contributed by atoms with van der Waals surface area (Å²) in [6, 6.07) is 10.6. The number of nitrogens with zero attached hydrogens (tertiary/aromatic N) is 1. The van der Waals surface area contributed by atoms with Gasteiger partial charge in [-0.15, -0.1) is 0 Å². The SMILES string of the molecule is CC(NC(=O)c1ccc(Cl)c(N2CCCC2=O)c1)c1cccc(F)c1. The van der Waals surface area contributed by atoms with Crippen molar-refractivity contribution in [3.8, 4) is 0 Å². The van der Waals surface area contributed by atoms with Gasteiger partial charge in [0.1, 0.15) is 5.82 Å². The molecule has 130 valence electrons. The van der Waals surface area contributed by atoms with Crippen LogP contribution in [-0.4, -0.2) is 18.4 Å². The Bertz CT molecular complexity index is 825. The zero-order valence-corrected chi connectivity index (χ0v) is 14.5. The van der Waals surface area contributed by atoms with Crippen LogP contribution in [0, 0.1) is 5.82 Å². The molecular weight excluding hydrogens is 343 g/mol. The van der Waals surface area contributed by atoms with Crippen LogP contribution in [0.4, 0.5) is 10.1 Å². The van der Waals surface area contributed by atoms with Crippen molar-refractivity contribution < 1.29 is 14.0 Å². The molecule has 0 aromatic heterocycles. The van der Waals surface area contributed by atoms with Crippen LogP contribution in [0.2, 0.25) is 5.02 Å². The first-order chi connectivity index (χ1) is 12.0. The highest BCUT2D eigenvalue weighted by Crippen LogP contribution is 2.30. The molecule has 1 atom stereocenters. The molecule has 1 fully saturated rings. The summed E-state index contributed by atoms with van der Waals surface area (Å²) >= 11 is 6.20. The molecule has 1 aliphatic rings. The van der Waals surface area contributed by atoms with Gasteiger partial charge in [-0.3, -0.25) is 9.59 Å². The minimum absolute atomic E-state index is 0.00702. The van der Waals surface area contributed by atoms with E-state index in [9.17, 15) is 14.0 Å². The smallest absolute Gasteiger partial charge is 0.251 e. The fraction of sp³-hybridized carbons (Fsp3) is 0.263. The second-order valence-corrected chi connectivity index (χ2v) is 6.47. The van der Waals surface area contributed by atoms with Crippen LogP contribution in [0.25, 0.3) is 0 Å². The molecule has 0 saturated carbocycles. The van der Waals surface area contributed by atoms with E-state index >= 15 is 0 Å². The zero-order valence-electron chi connectivity index (χ0n) is 13.8. The van der Waals surface area contributed by atoms with Crippen LogP contribution in [0.5, 0.6) is 0 Å². The van der Waals surface area contributed by atoms with E-state index in [1.54, 1.807) is 42.2 Å². The van der Waals surface area contributed by atoms with Crippen molar-refractivity contribution >= 4 is 29.1 Å². The summed E-state index contributed by atoms with van der Waals surface area (Å²) in [5, 5.41) is 3.27. The van der Waals surface area contributed by atoms with Gasteiger partial charge in [-0.2, -0.15) is 0 Å². The summed E-state index contributed by atoms with van der Waals surface area (Å²) in [6.45, 7) is 2.39. The van der Waals surface area contributed by atoms with Crippen molar-refractivity contribution in [3.63, 3.8) is 0 Å². The number of rotatable bonds is 4. The van der Waals surface area contributed by atoms with Gasteiger partial charge in [0.15, 0.2) is 0 Å². The maximum atomic E-state index is 13.3. The summed E-state index contributed by atoms with van der Waals surface area (Å²) < 4.78 is 13.3. The zero-order chi connectivity index (χ0) is 18.0. The highest BCUT2D eigenvalue weighted by molar-refractivity contribution is 6.34. The average molecular weight is 361 g/mol. The largest absolute Gasteiger partial charge is 0.346 e. The summed E-state index contributed by atoms with van der Waals surface area (Å²) in [6.07, 6.45) is 1.27. The Morgan fingerprint density at radius 2 is 2.08 bits per heavy atom. The Morgan fingerprint density at radius 1 is 1.28 bits per heavy atom. The topological polar surface area (TPSA) is 49.4 Å². The van der Waals surface area contributed by atoms with Gasteiger partial charge in [0.25, 0.3) is 5.91 Å². The van der Waals surface area contributed by atoms with Crippen LogP contribution < -0.4 is 10.2 Å². The average Bonchev–Trinajstić information content (AvgIpc) is 3.01. The Morgan fingerprint density at radius 3 is 2.76 bits per heavy atom. The Kier molecular flexibility index (Phi) is 5.04. The van der Waals surface area contributed by atoms with E-state index in [0.717, 1.165) is 6.42 Å².